The van der Waals surface area contributed by atoms with E-state index in [1.165, 1.54) is 17.7 Å². The molecular formula is C33H34F2N4O3. The number of hydrogen-bond acceptors (Lipinski definition) is 5. The first-order valence-corrected chi connectivity index (χ1v) is 14.4. The van der Waals surface area contributed by atoms with Gasteiger partial charge in [0.25, 0.3) is 5.91 Å². The Bertz CT molecular complexity index is 1480. The van der Waals surface area contributed by atoms with E-state index in [-0.39, 0.29) is 24.0 Å². The molecule has 218 valence electrons. The van der Waals surface area contributed by atoms with Gasteiger partial charge in [-0.2, -0.15) is 0 Å². The lowest BCUT2D eigenvalue weighted by atomic mass is 10.00. The minimum absolute atomic E-state index is 0.0381. The van der Waals surface area contributed by atoms with Crippen molar-refractivity contribution in [2.45, 2.75) is 57.1 Å². The first kappa shape index (κ1) is 28.1. The second-order valence-electron chi connectivity index (χ2n) is 11.3. The summed E-state index contributed by atoms with van der Waals surface area (Å²) in [6.45, 7) is 6.56. The lowest BCUT2D eigenvalue weighted by molar-refractivity contribution is -0.126. The molecule has 3 aliphatic heterocycles. The molecule has 0 bridgehead atoms. The predicted molar refractivity (Wildman–Crippen MR) is 154 cm³/mol. The van der Waals surface area contributed by atoms with E-state index in [1.54, 1.807) is 17.0 Å². The average Bonchev–Trinajstić information content (AvgIpc) is 3.28. The molecular weight excluding hydrogens is 538 g/mol. The summed E-state index contributed by atoms with van der Waals surface area (Å²) in [5.74, 6) is -0.890. The van der Waals surface area contributed by atoms with Gasteiger partial charge < -0.3 is 20.3 Å². The van der Waals surface area contributed by atoms with Gasteiger partial charge in [-0.1, -0.05) is 36.9 Å². The molecule has 2 saturated heterocycles. The molecule has 3 aromatic carbocycles. The second-order valence-corrected chi connectivity index (χ2v) is 11.3. The molecule has 3 atom stereocenters. The lowest BCUT2D eigenvalue weighted by Crippen LogP contribution is -2.54. The molecule has 7 nitrogen and oxygen atoms in total. The fraction of sp³-hybridized carbons (Fsp3) is 0.333. The molecule has 2 fully saturated rings. The van der Waals surface area contributed by atoms with Crippen molar-refractivity contribution < 1.29 is 23.1 Å². The van der Waals surface area contributed by atoms with E-state index in [2.05, 4.69) is 34.2 Å². The van der Waals surface area contributed by atoms with Gasteiger partial charge in [0.15, 0.2) is 0 Å². The summed E-state index contributed by atoms with van der Waals surface area (Å²) in [7, 11) is 0. The number of fused-ring (bicyclic) bond motifs is 1. The van der Waals surface area contributed by atoms with Gasteiger partial charge in [-0.3, -0.25) is 14.5 Å². The van der Waals surface area contributed by atoms with Gasteiger partial charge in [0, 0.05) is 56.1 Å². The zero-order valence-electron chi connectivity index (χ0n) is 23.3. The van der Waals surface area contributed by atoms with E-state index < -0.39 is 17.7 Å². The smallest absolute Gasteiger partial charge is 0.255 e. The SMILES string of the molecule is C=C1CCC(N2Cc3cc(OC4CN(Cc5cc(F)cc(F)c5)CCC4NCc4ccccc4)ccc3C2=O)C(=O)N1. The summed E-state index contributed by atoms with van der Waals surface area (Å²) in [5, 5.41) is 6.41. The normalized spacial score (nSPS) is 22.7. The Hall–Kier alpha value is -4.08. The Morgan fingerprint density at radius 2 is 1.76 bits per heavy atom. The molecule has 0 aliphatic carbocycles. The number of likely N-dealkylation sites (tertiary alicyclic amines) is 1. The van der Waals surface area contributed by atoms with E-state index in [0.29, 0.717) is 61.6 Å². The van der Waals surface area contributed by atoms with Gasteiger partial charge in [0.1, 0.15) is 29.5 Å². The number of nitrogens with one attached hydrogen (secondary N) is 2. The van der Waals surface area contributed by atoms with Crippen LogP contribution in [0.5, 0.6) is 5.75 Å². The molecule has 3 unspecified atom stereocenters. The van der Waals surface area contributed by atoms with Gasteiger partial charge in [-0.15, -0.1) is 0 Å². The Balaban J connectivity index is 1.18. The van der Waals surface area contributed by atoms with E-state index in [4.69, 9.17) is 4.74 Å². The number of piperidine rings is 2. The molecule has 3 aromatic rings. The van der Waals surface area contributed by atoms with Gasteiger partial charge in [0.2, 0.25) is 5.91 Å². The number of carbonyl (C=O) groups excluding carboxylic acids is 2. The molecule has 0 spiro atoms. The highest BCUT2D eigenvalue weighted by Gasteiger charge is 2.38. The lowest BCUT2D eigenvalue weighted by Gasteiger charge is -2.39. The first-order valence-electron chi connectivity index (χ1n) is 14.4. The molecule has 0 radical (unpaired) electrons. The largest absolute Gasteiger partial charge is 0.487 e. The van der Waals surface area contributed by atoms with Crippen molar-refractivity contribution in [3.8, 4) is 5.75 Å². The third-order valence-electron chi connectivity index (χ3n) is 8.28. The van der Waals surface area contributed by atoms with E-state index in [9.17, 15) is 18.4 Å². The number of rotatable bonds is 8. The van der Waals surface area contributed by atoms with Crippen molar-refractivity contribution in [2.24, 2.45) is 0 Å². The van der Waals surface area contributed by atoms with Crippen LogP contribution in [0.3, 0.4) is 0 Å². The highest BCUT2D eigenvalue weighted by Crippen LogP contribution is 2.32. The number of benzene rings is 3. The zero-order chi connectivity index (χ0) is 29.2. The molecule has 2 N–H and O–H groups in total. The minimum Gasteiger partial charge on any atom is -0.487 e. The standard InChI is InChI=1S/C33H34F2N4O3/c1-21-7-10-30(32(40)37-21)39-19-24-15-27(8-9-28(24)33(39)41)42-31-20-38(18-23-13-25(34)16-26(35)14-23)12-11-29(31)36-17-22-5-3-2-4-6-22/h2-6,8-9,13-16,29-31,36H,1,7,10-12,17-20H2,(H,37,40). The Kier molecular flexibility index (Phi) is 8.04. The Labute approximate surface area is 244 Å². The molecule has 0 aromatic heterocycles. The van der Waals surface area contributed by atoms with Crippen LogP contribution in [0.15, 0.2) is 79.0 Å². The van der Waals surface area contributed by atoms with E-state index >= 15 is 0 Å². The summed E-state index contributed by atoms with van der Waals surface area (Å²) in [4.78, 5) is 29.5. The molecule has 3 heterocycles. The number of nitrogens with zero attached hydrogens (tertiary/aromatic N) is 2. The van der Waals surface area contributed by atoms with Crippen LogP contribution in [-0.2, 0) is 24.4 Å². The quantitative estimate of drug-likeness (QED) is 0.415. The third kappa shape index (κ3) is 6.22. The van der Waals surface area contributed by atoms with E-state index in [0.717, 1.165) is 24.6 Å². The third-order valence-corrected chi connectivity index (χ3v) is 8.28. The summed E-state index contributed by atoms with van der Waals surface area (Å²) in [5.41, 5.74) is 3.83. The Morgan fingerprint density at radius 3 is 2.52 bits per heavy atom. The van der Waals surface area contributed by atoms with Crippen molar-refractivity contribution >= 4 is 11.8 Å². The second kappa shape index (κ2) is 12.0. The van der Waals surface area contributed by atoms with Gasteiger partial charge in [-0.25, -0.2) is 8.78 Å². The Morgan fingerprint density at radius 1 is 0.976 bits per heavy atom. The molecule has 42 heavy (non-hydrogen) atoms. The van der Waals surface area contributed by atoms with Crippen LogP contribution in [0.2, 0.25) is 0 Å². The van der Waals surface area contributed by atoms with Crippen LogP contribution in [0.1, 0.15) is 46.3 Å². The summed E-state index contributed by atoms with van der Waals surface area (Å²) in [6, 6.07) is 18.7. The monoisotopic (exact) mass is 572 g/mol. The molecule has 6 rings (SSSR count). The van der Waals surface area contributed by atoms with Gasteiger partial charge in [-0.05, 0) is 66.3 Å². The van der Waals surface area contributed by atoms with Crippen molar-refractivity contribution in [1.29, 1.82) is 0 Å². The minimum atomic E-state index is -0.588. The topological polar surface area (TPSA) is 73.9 Å². The average molecular weight is 573 g/mol. The highest BCUT2D eigenvalue weighted by atomic mass is 19.1. The maximum atomic E-state index is 13.8. The highest BCUT2D eigenvalue weighted by molar-refractivity contribution is 6.01. The van der Waals surface area contributed by atoms with Crippen LogP contribution in [0.4, 0.5) is 8.78 Å². The van der Waals surface area contributed by atoms with Crippen LogP contribution < -0.4 is 15.4 Å². The van der Waals surface area contributed by atoms with Crippen molar-refractivity contribution in [3.05, 3.63) is 113 Å². The number of ether oxygens (including phenoxy) is 1. The number of allylic oxidation sites excluding steroid dienone is 1. The first-order chi connectivity index (χ1) is 20.3. The van der Waals surface area contributed by atoms with Crippen molar-refractivity contribution in [1.82, 2.24) is 20.4 Å². The van der Waals surface area contributed by atoms with Crippen molar-refractivity contribution in [3.63, 3.8) is 0 Å². The summed E-state index contributed by atoms with van der Waals surface area (Å²) < 4.78 is 34.3. The fourth-order valence-corrected chi connectivity index (χ4v) is 6.16. The maximum Gasteiger partial charge on any atom is 0.255 e. The van der Waals surface area contributed by atoms with Crippen LogP contribution in [0.25, 0.3) is 0 Å². The van der Waals surface area contributed by atoms with Crippen LogP contribution >= 0.6 is 0 Å². The predicted octanol–water partition coefficient (Wildman–Crippen LogP) is 4.52. The summed E-state index contributed by atoms with van der Waals surface area (Å²) in [6.07, 6.45) is 1.73. The van der Waals surface area contributed by atoms with Gasteiger partial charge in [0.05, 0.1) is 0 Å². The van der Waals surface area contributed by atoms with Crippen LogP contribution in [0, 0.1) is 11.6 Å². The number of halogens is 2. The number of amides is 2. The maximum absolute atomic E-state index is 13.8. The van der Waals surface area contributed by atoms with E-state index in [1.807, 2.05) is 24.3 Å². The molecule has 0 saturated carbocycles. The summed E-state index contributed by atoms with van der Waals surface area (Å²) >= 11 is 0. The zero-order valence-corrected chi connectivity index (χ0v) is 23.3. The van der Waals surface area contributed by atoms with Crippen molar-refractivity contribution in [2.75, 3.05) is 13.1 Å². The van der Waals surface area contributed by atoms with Crippen LogP contribution in [-0.4, -0.2) is 52.9 Å². The molecule has 2 amide bonds. The molecule has 9 heteroatoms. The fourth-order valence-electron chi connectivity index (χ4n) is 6.16. The molecule has 3 aliphatic rings. The number of hydrogen-bond donors (Lipinski definition) is 2. The number of carbonyl (C=O) groups is 2. The van der Waals surface area contributed by atoms with Gasteiger partial charge >= 0.3 is 0 Å².